The molecule has 172 valence electrons. The number of anilines is 2. The van der Waals surface area contributed by atoms with Gasteiger partial charge in [-0.3, -0.25) is 19.3 Å². The van der Waals surface area contributed by atoms with Crippen molar-refractivity contribution in [2.24, 2.45) is 0 Å². The van der Waals surface area contributed by atoms with Gasteiger partial charge in [0.05, 0.1) is 31.1 Å². The minimum absolute atomic E-state index is 0.0584. The molecule has 3 rings (SSSR count). The molecular formula is C21H27N5O4S2. The fourth-order valence-electron chi connectivity index (χ4n) is 3.04. The third kappa shape index (κ3) is 8.58. The maximum atomic E-state index is 12.2. The van der Waals surface area contributed by atoms with Crippen molar-refractivity contribution in [2.45, 2.75) is 17.7 Å². The summed E-state index contributed by atoms with van der Waals surface area (Å²) in [6.07, 6.45) is 0.225. The normalized spacial score (nSPS) is 14.0. The topological polar surface area (TPSA) is 113 Å². The van der Waals surface area contributed by atoms with Crippen molar-refractivity contribution in [3.8, 4) is 0 Å². The molecule has 0 radical (unpaired) electrons. The van der Waals surface area contributed by atoms with Crippen molar-refractivity contribution in [3.63, 3.8) is 0 Å². The van der Waals surface area contributed by atoms with E-state index in [2.05, 4.69) is 25.8 Å². The molecule has 3 N–H and O–H groups in total. The van der Waals surface area contributed by atoms with Crippen LogP contribution in [0.5, 0.6) is 0 Å². The Labute approximate surface area is 195 Å². The van der Waals surface area contributed by atoms with Crippen molar-refractivity contribution < 1.29 is 19.1 Å². The maximum absolute atomic E-state index is 12.2. The van der Waals surface area contributed by atoms with Gasteiger partial charge in [-0.05, 0) is 18.2 Å². The standard InChI is InChI=1S/C21H27N5O4S2/c1-15(27)23-16-3-2-4-17(11-16)24-20(29)14-32-21-25-18(13-31-21)12-19(28)22-5-6-26-7-9-30-10-8-26/h2-4,11,13H,5-10,12,14H2,1H3,(H,22,28)(H,23,27)(H,24,29). The van der Waals surface area contributed by atoms with Gasteiger partial charge in [0.15, 0.2) is 4.34 Å². The summed E-state index contributed by atoms with van der Waals surface area (Å²) in [4.78, 5) is 42.2. The number of nitrogens with one attached hydrogen (secondary N) is 3. The molecule has 9 nitrogen and oxygen atoms in total. The van der Waals surface area contributed by atoms with Crippen LogP contribution in [-0.2, 0) is 25.5 Å². The number of carbonyl (C=O) groups is 3. The van der Waals surface area contributed by atoms with Gasteiger partial charge in [0.1, 0.15) is 0 Å². The summed E-state index contributed by atoms with van der Waals surface area (Å²) >= 11 is 2.74. The van der Waals surface area contributed by atoms with E-state index in [-0.39, 0.29) is 29.9 Å². The molecule has 1 fully saturated rings. The third-order valence-corrected chi connectivity index (χ3v) is 6.59. The highest BCUT2D eigenvalue weighted by Gasteiger charge is 2.12. The van der Waals surface area contributed by atoms with Crippen LogP contribution in [0.1, 0.15) is 12.6 Å². The maximum Gasteiger partial charge on any atom is 0.234 e. The Balaban J connectivity index is 1.36. The van der Waals surface area contributed by atoms with Gasteiger partial charge in [-0.2, -0.15) is 0 Å². The van der Waals surface area contributed by atoms with Crippen LogP contribution in [0.3, 0.4) is 0 Å². The van der Waals surface area contributed by atoms with Crippen molar-refractivity contribution >= 4 is 52.2 Å². The Morgan fingerprint density at radius 1 is 1.16 bits per heavy atom. The van der Waals surface area contributed by atoms with E-state index in [1.165, 1.54) is 30.0 Å². The zero-order valence-corrected chi connectivity index (χ0v) is 19.5. The number of thiazole rings is 1. The van der Waals surface area contributed by atoms with Crippen molar-refractivity contribution in [1.29, 1.82) is 0 Å². The second-order valence-corrected chi connectivity index (χ2v) is 9.26. The van der Waals surface area contributed by atoms with Gasteiger partial charge in [-0.1, -0.05) is 17.8 Å². The number of ether oxygens (including phenoxy) is 1. The number of rotatable bonds is 10. The third-order valence-electron chi connectivity index (χ3n) is 4.52. The van der Waals surface area contributed by atoms with Crippen LogP contribution in [0.4, 0.5) is 11.4 Å². The number of amides is 3. The van der Waals surface area contributed by atoms with Crippen LogP contribution in [0.25, 0.3) is 0 Å². The number of thioether (sulfide) groups is 1. The number of hydrogen-bond acceptors (Lipinski definition) is 8. The van der Waals surface area contributed by atoms with E-state index in [0.717, 1.165) is 37.2 Å². The lowest BCUT2D eigenvalue weighted by Gasteiger charge is -2.26. The van der Waals surface area contributed by atoms with Gasteiger partial charge >= 0.3 is 0 Å². The largest absolute Gasteiger partial charge is 0.379 e. The Bertz CT molecular complexity index is 930. The van der Waals surface area contributed by atoms with E-state index in [0.29, 0.717) is 23.6 Å². The highest BCUT2D eigenvalue weighted by Crippen LogP contribution is 2.23. The summed E-state index contributed by atoms with van der Waals surface area (Å²) in [6.45, 7) is 6.14. The molecule has 0 bridgehead atoms. The van der Waals surface area contributed by atoms with E-state index in [4.69, 9.17) is 4.74 Å². The van der Waals surface area contributed by atoms with E-state index in [9.17, 15) is 14.4 Å². The smallest absolute Gasteiger partial charge is 0.234 e. The average molecular weight is 478 g/mol. The van der Waals surface area contributed by atoms with Gasteiger partial charge in [0.2, 0.25) is 17.7 Å². The Morgan fingerprint density at radius 2 is 1.91 bits per heavy atom. The predicted molar refractivity (Wildman–Crippen MR) is 126 cm³/mol. The summed E-state index contributed by atoms with van der Waals surface area (Å²) in [5, 5.41) is 10.3. The van der Waals surface area contributed by atoms with Crippen LogP contribution in [-0.4, -0.2) is 72.8 Å². The molecule has 0 atom stereocenters. The first-order chi connectivity index (χ1) is 15.5. The lowest BCUT2D eigenvalue weighted by atomic mass is 10.2. The molecular weight excluding hydrogens is 450 g/mol. The number of hydrogen-bond donors (Lipinski definition) is 3. The van der Waals surface area contributed by atoms with Crippen molar-refractivity contribution in [2.75, 3.05) is 55.8 Å². The minimum atomic E-state index is -0.174. The van der Waals surface area contributed by atoms with E-state index >= 15 is 0 Å². The van der Waals surface area contributed by atoms with Crippen LogP contribution < -0.4 is 16.0 Å². The zero-order chi connectivity index (χ0) is 22.8. The van der Waals surface area contributed by atoms with E-state index in [1.807, 2.05) is 5.38 Å². The van der Waals surface area contributed by atoms with Gasteiger partial charge in [-0.25, -0.2) is 4.98 Å². The summed E-state index contributed by atoms with van der Waals surface area (Å²) in [5.41, 5.74) is 1.93. The number of aromatic nitrogens is 1. The average Bonchev–Trinajstić information content (AvgIpc) is 3.20. The molecule has 1 aromatic carbocycles. The molecule has 0 unspecified atom stereocenters. The molecule has 1 aliphatic rings. The number of carbonyl (C=O) groups excluding carboxylic acids is 3. The van der Waals surface area contributed by atoms with Gasteiger partial charge < -0.3 is 20.7 Å². The molecule has 2 heterocycles. The fraction of sp³-hybridized carbons (Fsp3) is 0.429. The van der Waals surface area contributed by atoms with E-state index in [1.54, 1.807) is 24.3 Å². The minimum Gasteiger partial charge on any atom is -0.379 e. The van der Waals surface area contributed by atoms with Gasteiger partial charge in [-0.15, -0.1) is 11.3 Å². The molecule has 11 heteroatoms. The van der Waals surface area contributed by atoms with Crippen LogP contribution >= 0.6 is 23.1 Å². The van der Waals surface area contributed by atoms with Crippen LogP contribution in [0, 0.1) is 0 Å². The first kappa shape index (κ1) is 24.2. The summed E-state index contributed by atoms with van der Waals surface area (Å²) < 4.78 is 6.05. The molecule has 3 amide bonds. The number of nitrogens with zero attached hydrogens (tertiary/aromatic N) is 2. The molecule has 1 saturated heterocycles. The second kappa shape index (κ2) is 12.5. The molecule has 2 aromatic rings. The second-order valence-electron chi connectivity index (χ2n) is 7.18. The summed E-state index contributed by atoms with van der Waals surface area (Å²) in [6, 6.07) is 6.96. The quantitative estimate of drug-likeness (QED) is 0.448. The molecule has 0 spiro atoms. The summed E-state index contributed by atoms with van der Waals surface area (Å²) in [5.74, 6) is -0.206. The molecule has 0 aliphatic carbocycles. The van der Waals surface area contributed by atoms with Crippen LogP contribution in [0.15, 0.2) is 34.0 Å². The van der Waals surface area contributed by atoms with Crippen LogP contribution in [0.2, 0.25) is 0 Å². The molecule has 0 saturated carbocycles. The summed E-state index contributed by atoms with van der Waals surface area (Å²) in [7, 11) is 0. The van der Waals surface area contributed by atoms with Gasteiger partial charge in [0, 0.05) is 49.9 Å². The highest BCUT2D eigenvalue weighted by molar-refractivity contribution is 8.01. The fourth-order valence-corrected chi connectivity index (χ4v) is 4.69. The predicted octanol–water partition coefficient (Wildman–Crippen LogP) is 1.82. The zero-order valence-electron chi connectivity index (χ0n) is 17.9. The molecule has 1 aromatic heterocycles. The highest BCUT2D eigenvalue weighted by atomic mass is 32.2. The van der Waals surface area contributed by atoms with Crippen molar-refractivity contribution in [1.82, 2.24) is 15.2 Å². The van der Waals surface area contributed by atoms with Gasteiger partial charge in [0.25, 0.3) is 0 Å². The first-order valence-electron chi connectivity index (χ1n) is 10.3. The lowest BCUT2D eigenvalue weighted by molar-refractivity contribution is -0.120. The Hall–Kier alpha value is -2.47. The number of morpholine rings is 1. The van der Waals surface area contributed by atoms with Crippen molar-refractivity contribution in [3.05, 3.63) is 35.3 Å². The molecule has 32 heavy (non-hydrogen) atoms. The Kier molecular flexibility index (Phi) is 9.47. The van der Waals surface area contributed by atoms with E-state index < -0.39 is 0 Å². The SMILES string of the molecule is CC(=O)Nc1cccc(NC(=O)CSc2nc(CC(=O)NCCN3CCOCC3)cs2)c1. The number of benzene rings is 1. The molecule has 1 aliphatic heterocycles. The Morgan fingerprint density at radius 3 is 2.66 bits per heavy atom. The first-order valence-corrected chi connectivity index (χ1v) is 12.2. The lowest BCUT2D eigenvalue weighted by Crippen LogP contribution is -2.41. The monoisotopic (exact) mass is 477 g/mol.